The molecule has 1 aliphatic carbocycles. The molecule has 7 heteroatoms. The van der Waals surface area contributed by atoms with Gasteiger partial charge in [-0.2, -0.15) is 0 Å². The number of carbonyl (C=O) groups is 1. The lowest BCUT2D eigenvalue weighted by Crippen LogP contribution is -2.67. The molecular formula is C20H23N3O4. The highest BCUT2D eigenvalue weighted by molar-refractivity contribution is 5.93. The quantitative estimate of drug-likeness (QED) is 0.806. The van der Waals surface area contributed by atoms with Gasteiger partial charge in [0.1, 0.15) is 11.4 Å². The van der Waals surface area contributed by atoms with Gasteiger partial charge >= 0.3 is 0 Å². The molecule has 0 aromatic carbocycles. The predicted molar refractivity (Wildman–Crippen MR) is 95.1 cm³/mol. The van der Waals surface area contributed by atoms with Crippen LogP contribution in [0.3, 0.4) is 0 Å². The van der Waals surface area contributed by atoms with Crippen molar-refractivity contribution < 1.29 is 18.8 Å². The molecule has 1 atom stereocenters. The van der Waals surface area contributed by atoms with Gasteiger partial charge in [0.25, 0.3) is 5.91 Å². The van der Waals surface area contributed by atoms with E-state index < -0.39 is 0 Å². The molecule has 3 aliphatic rings. The summed E-state index contributed by atoms with van der Waals surface area (Å²) in [6.45, 7) is 2.39. The van der Waals surface area contributed by atoms with E-state index in [4.69, 9.17) is 14.0 Å². The van der Waals surface area contributed by atoms with E-state index in [1.807, 2.05) is 18.3 Å². The van der Waals surface area contributed by atoms with Crippen LogP contribution in [0.1, 0.15) is 53.4 Å². The van der Waals surface area contributed by atoms with Crippen molar-refractivity contribution in [2.45, 2.75) is 49.9 Å². The van der Waals surface area contributed by atoms with Crippen LogP contribution in [0, 0.1) is 0 Å². The van der Waals surface area contributed by atoms with Gasteiger partial charge in [0.05, 0.1) is 25.8 Å². The lowest BCUT2D eigenvalue weighted by molar-refractivity contribution is -0.188. The second-order valence-corrected chi connectivity index (χ2v) is 7.87. The van der Waals surface area contributed by atoms with E-state index in [0.717, 1.165) is 37.0 Å². The Labute approximate surface area is 157 Å². The Kier molecular flexibility index (Phi) is 4.21. The maximum Gasteiger partial charge on any atom is 0.276 e. The molecule has 0 unspecified atom stereocenters. The van der Waals surface area contributed by atoms with Crippen molar-refractivity contribution in [2.24, 2.45) is 0 Å². The van der Waals surface area contributed by atoms with Crippen LogP contribution in [0.4, 0.5) is 0 Å². The molecule has 142 valence electrons. The molecular weight excluding hydrogens is 346 g/mol. The van der Waals surface area contributed by atoms with Crippen LogP contribution < -0.4 is 0 Å². The molecule has 1 amide bonds. The number of rotatable bonds is 5. The molecule has 2 aliphatic heterocycles. The van der Waals surface area contributed by atoms with Gasteiger partial charge in [0, 0.05) is 37.4 Å². The smallest absolute Gasteiger partial charge is 0.276 e. The average Bonchev–Trinajstić information content (AvgIpc) is 3.42. The topological polar surface area (TPSA) is 77.7 Å². The normalized spacial score (nSPS) is 24.0. The van der Waals surface area contributed by atoms with E-state index in [9.17, 15) is 4.79 Å². The Morgan fingerprint density at radius 1 is 1.33 bits per heavy atom. The number of hydrogen-bond acceptors (Lipinski definition) is 6. The highest BCUT2D eigenvalue weighted by atomic mass is 16.5. The average molecular weight is 369 g/mol. The minimum absolute atomic E-state index is 0.0710. The Hall–Kier alpha value is -2.25. The summed E-state index contributed by atoms with van der Waals surface area (Å²) in [4.78, 5) is 18.5. The fourth-order valence-corrected chi connectivity index (χ4v) is 3.95. The third-order valence-electron chi connectivity index (χ3n) is 5.63. The van der Waals surface area contributed by atoms with Crippen molar-refractivity contribution in [3.05, 3.63) is 47.6 Å². The summed E-state index contributed by atoms with van der Waals surface area (Å²) in [5.41, 5.74) is 1.20. The fourth-order valence-electron chi connectivity index (χ4n) is 3.95. The Morgan fingerprint density at radius 2 is 2.22 bits per heavy atom. The zero-order valence-electron chi connectivity index (χ0n) is 15.2. The maximum absolute atomic E-state index is 12.6. The maximum atomic E-state index is 12.6. The van der Waals surface area contributed by atoms with Crippen LogP contribution in [0.2, 0.25) is 0 Å². The van der Waals surface area contributed by atoms with Crippen molar-refractivity contribution in [2.75, 3.05) is 19.7 Å². The molecule has 2 saturated heterocycles. The summed E-state index contributed by atoms with van der Waals surface area (Å²) in [5.74, 6) is 1.23. The van der Waals surface area contributed by atoms with Gasteiger partial charge in [-0.3, -0.25) is 9.78 Å². The number of nitrogens with zero attached hydrogens (tertiary/aromatic N) is 3. The largest absolute Gasteiger partial charge is 0.373 e. The number of pyridine rings is 1. The van der Waals surface area contributed by atoms with Crippen LogP contribution in [0.15, 0.2) is 35.1 Å². The number of aromatic nitrogens is 2. The van der Waals surface area contributed by atoms with Gasteiger partial charge < -0.3 is 18.9 Å². The van der Waals surface area contributed by atoms with E-state index in [2.05, 4.69) is 10.1 Å². The molecule has 0 radical (unpaired) electrons. The summed E-state index contributed by atoms with van der Waals surface area (Å²) in [6.07, 6.45) is 7.67. The molecule has 3 fully saturated rings. The first-order chi connectivity index (χ1) is 13.2. The first-order valence-corrected chi connectivity index (χ1v) is 9.61. The number of carbonyl (C=O) groups excluding carboxylic acids is 1. The van der Waals surface area contributed by atoms with Gasteiger partial charge in [0.2, 0.25) is 0 Å². The highest BCUT2D eigenvalue weighted by Crippen LogP contribution is 2.41. The van der Waals surface area contributed by atoms with Crippen molar-refractivity contribution in [3.63, 3.8) is 0 Å². The van der Waals surface area contributed by atoms with Crippen molar-refractivity contribution >= 4 is 5.91 Å². The van der Waals surface area contributed by atoms with Crippen LogP contribution in [0.25, 0.3) is 0 Å². The second-order valence-electron chi connectivity index (χ2n) is 7.87. The van der Waals surface area contributed by atoms with Crippen LogP contribution in [0.5, 0.6) is 0 Å². The van der Waals surface area contributed by atoms with Gasteiger partial charge in [-0.1, -0.05) is 11.2 Å². The number of likely N-dealkylation sites (tertiary alicyclic amines) is 1. The van der Waals surface area contributed by atoms with Gasteiger partial charge in [-0.05, 0) is 30.9 Å². The van der Waals surface area contributed by atoms with E-state index in [0.29, 0.717) is 37.9 Å². The second kappa shape index (κ2) is 6.73. The van der Waals surface area contributed by atoms with Crippen LogP contribution >= 0.6 is 0 Å². The third-order valence-corrected chi connectivity index (χ3v) is 5.63. The summed E-state index contributed by atoms with van der Waals surface area (Å²) in [5, 5.41) is 3.95. The molecule has 2 aromatic heterocycles. The molecule has 1 saturated carbocycles. The lowest BCUT2D eigenvalue weighted by Gasteiger charge is -2.52. The third kappa shape index (κ3) is 3.49. The van der Waals surface area contributed by atoms with E-state index in [-0.39, 0.29) is 17.6 Å². The molecule has 1 spiro atoms. The molecule has 5 rings (SSSR count). The minimum Gasteiger partial charge on any atom is -0.373 e. The molecule has 0 bridgehead atoms. The molecule has 2 aromatic rings. The van der Waals surface area contributed by atoms with Crippen molar-refractivity contribution in [1.82, 2.24) is 15.0 Å². The summed E-state index contributed by atoms with van der Waals surface area (Å²) in [6, 6.07) is 5.73. The highest BCUT2D eigenvalue weighted by Gasteiger charge is 2.50. The standard InChI is InChI=1S/C20H23N3O4/c24-19(17-8-18(27-22-17)15-3-4-15)23-12-20(13-23)9-16(5-7-26-20)25-11-14-2-1-6-21-10-14/h1-2,6,8,10,15-16H,3-5,7,9,11-13H2/t16-/m1/s1. The van der Waals surface area contributed by atoms with E-state index in [1.54, 1.807) is 17.2 Å². The summed E-state index contributed by atoms with van der Waals surface area (Å²) in [7, 11) is 0. The first kappa shape index (κ1) is 16.9. The van der Waals surface area contributed by atoms with Crippen LogP contribution in [-0.4, -0.2) is 52.3 Å². The zero-order valence-corrected chi connectivity index (χ0v) is 15.2. The van der Waals surface area contributed by atoms with Crippen molar-refractivity contribution in [3.8, 4) is 0 Å². The monoisotopic (exact) mass is 369 g/mol. The van der Waals surface area contributed by atoms with Crippen molar-refractivity contribution in [1.29, 1.82) is 0 Å². The molecule has 0 N–H and O–H groups in total. The number of ether oxygens (including phenoxy) is 2. The fraction of sp³-hybridized carbons (Fsp3) is 0.550. The SMILES string of the molecule is O=C(c1cc(C2CC2)on1)N1CC2(C[C@H](OCc3cccnc3)CCO2)C1. The van der Waals surface area contributed by atoms with Gasteiger partial charge in [-0.15, -0.1) is 0 Å². The predicted octanol–water partition coefficient (Wildman–Crippen LogP) is 2.54. The van der Waals surface area contributed by atoms with Gasteiger partial charge in [-0.25, -0.2) is 0 Å². The number of amides is 1. The Morgan fingerprint density at radius 3 is 3.00 bits per heavy atom. The zero-order chi connectivity index (χ0) is 18.3. The number of hydrogen-bond donors (Lipinski definition) is 0. The van der Waals surface area contributed by atoms with E-state index in [1.165, 1.54) is 0 Å². The first-order valence-electron chi connectivity index (χ1n) is 9.61. The lowest BCUT2D eigenvalue weighted by atomic mass is 9.84. The summed E-state index contributed by atoms with van der Waals surface area (Å²) >= 11 is 0. The Bertz CT molecular complexity index is 812. The summed E-state index contributed by atoms with van der Waals surface area (Å²) < 4.78 is 17.4. The van der Waals surface area contributed by atoms with Crippen LogP contribution in [-0.2, 0) is 16.1 Å². The minimum atomic E-state index is -0.281. The molecule has 27 heavy (non-hydrogen) atoms. The van der Waals surface area contributed by atoms with E-state index >= 15 is 0 Å². The molecule has 7 nitrogen and oxygen atoms in total. The Balaban J connectivity index is 1.15. The van der Waals surface area contributed by atoms with Gasteiger partial charge in [0.15, 0.2) is 5.69 Å². The molecule has 4 heterocycles.